The molecule has 0 fully saturated rings. The minimum atomic E-state index is -0.585. The predicted octanol–water partition coefficient (Wildman–Crippen LogP) is 2.64. The van der Waals surface area contributed by atoms with Crippen LogP contribution in [0.15, 0.2) is 51.7 Å². The highest BCUT2D eigenvalue weighted by atomic mass is 16.5. The van der Waals surface area contributed by atoms with E-state index in [2.05, 4.69) is 0 Å². The normalized spacial score (nSPS) is 10.6. The lowest BCUT2D eigenvalue weighted by Gasteiger charge is -2.13. The first-order chi connectivity index (χ1) is 12.0. The number of fused-ring (bicyclic) bond motifs is 1. The summed E-state index contributed by atoms with van der Waals surface area (Å²) in [5, 5.41) is 0.608. The van der Waals surface area contributed by atoms with Crippen molar-refractivity contribution in [2.45, 2.75) is 6.92 Å². The van der Waals surface area contributed by atoms with Crippen molar-refractivity contribution in [3.05, 3.63) is 58.4 Å². The molecule has 2 aromatic carbocycles. The van der Waals surface area contributed by atoms with E-state index in [1.807, 2.05) is 19.1 Å². The Morgan fingerprint density at radius 3 is 2.52 bits per heavy atom. The molecule has 3 rings (SSSR count). The van der Waals surface area contributed by atoms with Gasteiger partial charge in [-0.1, -0.05) is 12.1 Å². The summed E-state index contributed by atoms with van der Waals surface area (Å²) in [5.41, 5.74) is 7.37. The van der Waals surface area contributed by atoms with Crippen LogP contribution in [0.3, 0.4) is 0 Å². The summed E-state index contributed by atoms with van der Waals surface area (Å²) in [4.78, 5) is 23.1. The third-order valence-electron chi connectivity index (χ3n) is 3.72. The van der Waals surface area contributed by atoms with E-state index in [0.29, 0.717) is 28.0 Å². The zero-order chi connectivity index (χ0) is 18.0. The van der Waals surface area contributed by atoms with Gasteiger partial charge in [0.2, 0.25) is 0 Å². The SMILES string of the molecule is COc1ccc(-c2cc(=O)oc3cc(C)cc(OCC(N)=O)c23)cc1. The number of benzene rings is 2. The number of hydrogen-bond donors (Lipinski definition) is 1. The van der Waals surface area contributed by atoms with Gasteiger partial charge in [-0.25, -0.2) is 4.79 Å². The van der Waals surface area contributed by atoms with Gasteiger partial charge in [-0.15, -0.1) is 0 Å². The number of amides is 1. The quantitative estimate of drug-likeness (QED) is 0.722. The number of hydrogen-bond acceptors (Lipinski definition) is 5. The number of nitrogens with two attached hydrogens (primary N) is 1. The minimum Gasteiger partial charge on any atom is -0.497 e. The van der Waals surface area contributed by atoms with Gasteiger partial charge in [0.15, 0.2) is 6.61 Å². The summed E-state index contributed by atoms with van der Waals surface area (Å²) in [5.74, 6) is 0.554. The average Bonchev–Trinajstić information content (AvgIpc) is 2.58. The number of aryl methyl sites for hydroxylation is 1. The summed E-state index contributed by atoms with van der Waals surface area (Å²) in [7, 11) is 1.58. The van der Waals surface area contributed by atoms with E-state index in [4.69, 9.17) is 19.6 Å². The van der Waals surface area contributed by atoms with E-state index in [1.165, 1.54) is 6.07 Å². The molecule has 0 saturated carbocycles. The minimum absolute atomic E-state index is 0.264. The van der Waals surface area contributed by atoms with Gasteiger partial charge in [0.1, 0.15) is 17.1 Å². The Labute approximate surface area is 143 Å². The number of carbonyl (C=O) groups excluding carboxylic acids is 1. The molecule has 1 amide bonds. The molecule has 6 nitrogen and oxygen atoms in total. The van der Waals surface area contributed by atoms with Crippen molar-refractivity contribution in [3.8, 4) is 22.6 Å². The van der Waals surface area contributed by atoms with Crippen LogP contribution in [0.4, 0.5) is 0 Å². The summed E-state index contributed by atoms with van der Waals surface area (Å²) in [6.07, 6.45) is 0. The van der Waals surface area contributed by atoms with Crippen LogP contribution in [0, 0.1) is 6.92 Å². The Morgan fingerprint density at radius 1 is 1.16 bits per heavy atom. The van der Waals surface area contributed by atoms with Gasteiger partial charge in [-0.3, -0.25) is 4.79 Å². The lowest BCUT2D eigenvalue weighted by Crippen LogP contribution is -2.20. The summed E-state index contributed by atoms with van der Waals surface area (Å²) < 4.78 is 16.0. The van der Waals surface area contributed by atoms with Gasteiger partial charge in [0.05, 0.1) is 12.5 Å². The second kappa shape index (κ2) is 6.68. The molecule has 0 aliphatic carbocycles. The molecular weight excluding hydrogens is 322 g/mol. The standard InChI is InChI=1S/C19H17NO5/c1-11-7-15(24-10-17(20)21)19-14(9-18(22)25-16(19)8-11)12-3-5-13(23-2)6-4-12/h3-9H,10H2,1-2H3,(H2,20,21). The van der Waals surface area contributed by atoms with Gasteiger partial charge < -0.3 is 19.6 Å². The smallest absolute Gasteiger partial charge is 0.336 e. The van der Waals surface area contributed by atoms with Crippen LogP contribution in [-0.4, -0.2) is 19.6 Å². The van der Waals surface area contributed by atoms with Crippen molar-refractivity contribution < 1.29 is 18.7 Å². The van der Waals surface area contributed by atoms with Crippen LogP contribution in [0.5, 0.6) is 11.5 Å². The number of methoxy groups -OCH3 is 1. The predicted molar refractivity (Wildman–Crippen MR) is 93.9 cm³/mol. The number of carbonyl (C=O) groups is 1. The van der Waals surface area contributed by atoms with Crippen LogP contribution in [0.25, 0.3) is 22.1 Å². The van der Waals surface area contributed by atoms with Gasteiger partial charge in [0.25, 0.3) is 5.91 Å². The fourth-order valence-electron chi connectivity index (χ4n) is 2.66. The molecule has 3 aromatic rings. The second-order valence-corrected chi connectivity index (χ2v) is 5.60. The molecule has 0 bridgehead atoms. The number of primary amides is 1. The van der Waals surface area contributed by atoms with Crippen molar-refractivity contribution in [1.82, 2.24) is 0 Å². The largest absolute Gasteiger partial charge is 0.497 e. The number of ether oxygens (including phenoxy) is 2. The Kier molecular flexibility index (Phi) is 4.43. The van der Waals surface area contributed by atoms with Crippen LogP contribution < -0.4 is 20.8 Å². The van der Waals surface area contributed by atoms with E-state index < -0.39 is 11.5 Å². The summed E-state index contributed by atoms with van der Waals surface area (Å²) in [6.45, 7) is 1.58. The fourth-order valence-corrected chi connectivity index (χ4v) is 2.66. The molecule has 25 heavy (non-hydrogen) atoms. The molecule has 1 heterocycles. The van der Waals surface area contributed by atoms with E-state index in [0.717, 1.165) is 11.1 Å². The molecule has 1 aromatic heterocycles. The molecule has 0 saturated heterocycles. The van der Waals surface area contributed by atoms with Gasteiger partial charge in [-0.05, 0) is 42.3 Å². The second-order valence-electron chi connectivity index (χ2n) is 5.60. The van der Waals surface area contributed by atoms with Gasteiger partial charge >= 0.3 is 5.63 Å². The van der Waals surface area contributed by atoms with Crippen molar-refractivity contribution in [2.75, 3.05) is 13.7 Å². The van der Waals surface area contributed by atoms with Crippen LogP contribution in [0.2, 0.25) is 0 Å². The first-order valence-electron chi connectivity index (χ1n) is 7.62. The fraction of sp³-hybridized carbons (Fsp3) is 0.158. The maximum atomic E-state index is 12.0. The third kappa shape index (κ3) is 3.47. The topological polar surface area (TPSA) is 91.8 Å². The molecule has 0 aliphatic heterocycles. The molecule has 0 spiro atoms. The maximum Gasteiger partial charge on any atom is 0.336 e. The van der Waals surface area contributed by atoms with E-state index in [-0.39, 0.29) is 6.61 Å². The van der Waals surface area contributed by atoms with E-state index in [9.17, 15) is 9.59 Å². The summed E-state index contributed by atoms with van der Waals surface area (Å²) in [6, 6.07) is 12.2. The highest BCUT2D eigenvalue weighted by molar-refractivity contribution is 5.98. The third-order valence-corrected chi connectivity index (χ3v) is 3.72. The van der Waals surface area contributed by atoms with Crippen molar-refractivity contribution in [2.24, 2.45) is 5.73 Å². The molecule has 0 aliphatic rings. The Morgan fingerprint density at radius 2 is 1.88 bits per heavy atom. The van der Waals surface area contributed by atoms with Crippen molar-refractivity contribution in [3.63, 3.8) is 0 Å². The first-order valence-corrected chi connectivity index (χ1v) is 7.62. The van der Waals surface area contributed by atoms with Crippen molar-refractivity contribution >= 4 is 16.9 Å². The summed E-state index contributed by atoms with van der Waals surface area (Å²) >= 11 is 0. The molecular formula is C19H17NO5. The van der Waals surface area contributed by atoms with Gasteiger partial charge in [0, 0.05) is 11.6 Å². The molecule has 0 unspecified atom stereocenters. The van der Waals surface area contributed by atoms with E-state index in [1.54, 1.807) is 31.4 Å². The Bertz CT molecular complexity index is 989. The molecule has 6 heteroatoms. The lowest BCUT2D eigenvalue weighted by atomic mass is 10.00. The van der Waals surface area contributed by atoms with Gasteiger partial charge in [-0.2, -0.15) is 0 Å². The zero-order valence-electron chi connectivity index (χ0n) is 13.9. The maximum absolute atomic E-state index is 12.0. The monoisotopic (exact) mass is 339 g/mol. The molecule has 0 atom stereocenters. The Balaban J connectivity index is 2.25. The molecule has 2 N–H and O–H groups in total. The van der Waals surface area contributed by atoms with Crippen LogP contribution in [-0.2, 0) is 4.79 Å². The van der Waals surface area contributed by atoms with Crippen LogP contribution in [0.1, 0.15) is 5.56 Å². The Hall–Kier alpha value is -3.28. The van der Waals surface area contributed by atoms with Crippen LogP contribution >= 0.6 is 0 Å². The zero-order valence-corrected chi connectivity index (χ0v) is 13.9. The lowest BCUT2D eigenvalue weighted by molar-refractivity contribution is -0.119. The van der Waals surface area contributed by atoms with Crippen molar-refractivity contribution in [1.29, 1.82) is 0 Å². The first kappa shape index (κ1) is 16.6. The highest BCUT2D eigenvalue weighted by Gasteiger charge is 2.15. The average molecular weight is 339 g/mol. The molecule has 0 radical (unpaired) electrons. The highest BCUT2D eigenvalue weighted by Crippen LogP contribution is 2.36. The van der Waals surface area contributed by atoms with E-state index >= 15 is 0 Å². The number of rotatable bonds is 5. The molecule has 128 valence electrons.